The molecule has 0 bridgehead atoms. The van der Waals surface area contributed by atoms with Crippen LogP contribution in [0.15, 0.2) is 24.3 Å². The van der Waals surface area contributed by atoms with Gasteiger partial charge in [0.05, 0.1) is 0 Å². The highest BCUT2D eigenvalue weighted by Crippen LogP contribution is 2.37. The highest BCUT2D eigenvalue weighted by atomic mass is 19.4. The van der Waals surface area contributed by atoms with Gasteiger partial charge >= 0.3 is 12.1 Å². The lowest BCUT2D eigenvalue weighted by atomic mass is 9.95. The average Bonchev–Trinajstić information content (AvgIpc) is 2.25. The van der Waals surface area contributed by atoms with Gasteiger partial charge in [0.2, 0.25) is 0 Å². The molecule has 21 heavy (non-hydrogen) atoms. The zero-order valence-electron chi connectivity index (χ0n) is 11.7. The molecule has 0 spiro atoms. The van der Waals surface area contributed by atoms with Gasteiger partial charge in [0.25, 0.3) is 0 Å². The summed E-state index contributed by atoms with van der Waals surface area (Å²) in [5, 5.41) is 9.83. The molecule has 0 saturated carbocycles. The first kappa shape index (κ1) is 17.4. The lowest BCUT2D eigenvalue weighted by molar-refractivity contribution is -0.221. The van der Waals surface area contributed by atoms with Crippen molar-refractivity contribution in [3.8, 4) is 0 Å². The number of hydrogen-bond acceptors (Lipinski definition) is 3. The standard InChI is InChI=1S/C14H16F4O3/c1-13(2,3)21-12(20)10(14(16,17)18)11(19)8-4-6-9(15)7-5-8/h4-7,10-11,19H,1-3H3/t10-,11-/m0/s1. The third-order valence-corrected chi connectivity index (χ3v) is 2.54. The van der Waals surface area contributed by atoms with Gasteiger partial charge in [0.15, 0.2) is 5.92 Å². The van der Waals surface area contributed by atoms with Crippen LogP contribution in [0.3, 0.4) is 0 Å². The van der Waals surface area contributed by atoms with E-state index in [4.69, 9.17) is 4.74 Å². The number of rotatable bonds is 3. The third kappa shape index (κ3) is 5.00. The number of carbonyl (C=O) groups excluding carboxylic acids is 1. The molecule has 1 aromatic carbocycles. The van der Waals surface area contributed by atoms with Crippen molar-refractivity contribution in [1.82, 2.24) is 0 Å². The van der Waals surface area contributed by atoms with Crippen LogP contribution in [-0.2, 0) is 9.53 Å². The lowest BCUT2D eigenvalue weighted by Gasteiger charge is -2.28. The highest BCUT2D eigenvalue weighted by Gasteiger charge is 2.51. The van der Waals surface area contributed by atoms with Crippen molar-refractivity contribution in [2.45, 2.75) is 38.7 Å². The molecule has 0 fully saturated rings. The van der Waals surface area contributed by atoms with Crippen LogP contribution in [0.1, 0.15) is 32.4 Å². The van der Waals surface area contributed by atoms with Crippen molar-refractivity contribution in [1.29, 1.82) is 0 Å². The van der Waals surface area contributed by atoms with E-state index in [0.717, 1.165) is 24.3 Å². The number of aliphatic hydroxyl groups is 1. The zero-order valence-corrected chi connectivity index (χ0v) is 11.7. The summed E-state index contributed by atoms with van der Waals surface area (Å²) in [6, 6.07) is 3.79. The number of hydrogen-bond donors (Lipinski definition) is 1. The lowest BCUT2D eigenvalue weighted by Crippen LogP contribution is -2.40. The van der Waals surface area contributed by atoms with Crippen LogP contribution in [0.2, 0.25) is 0 Å². The first-order chi connectivity index (χ1) is 9.42. The Morgan fingerprint density at radius 3 is 2.00 bits per heavy atom. The Kier molecular flexibility index (Phi) is 4.99. The molecular formula is C14H16F4O3. The number of carbonyl (C=O) groups is 1. The van der Waals surface area contributed by atoms with Crippen LogP contribution >= 0.6 is 0 Å². The quantitative estimate of drug-likeness (QED) is 0.688. The second-order valence-electron chi connectivity index (χ2n) is 5.55. The molecule has 0 unspecified atom stereocenters. The Bertz CT molecular complexity index is 488. The fourth-order valence-electron chi connectivity index (χ4n) is 1.66. The topological polar surface area (TPSA) is 46.5 Å². The Hall–Kier alpha value is -1.63. The van der Waals surface area contributed by atoms with Gasteiger partial charge in [0, 0.05) is 0 Å². The fraction of sp³-hybridized carbons (Fsp3) is 0.500. The molecule has 0 amide bonds. The van der Waals surface area contributed by atoms with Crippen LogP contribution in [0.25, 0.3) is 0 Å². The van der Waals surface area contributed by atoms with Gasteiger partial charge in [-0.15, -0.1) is 0 Å². The molecule has 7 heteroatoms. The van der Waals surface area contributed by atoms with E-state index >= 15 is 0 Å². The zero-order chi connectivity index (χ0) is 16.4. The van der Waals surface area contributed by atoms with E-state index in [0.29, 0.717) is 0 Å². The van der Waals surface area contributed by atoms with E-state index in [2.05, 4.69) is 0 Å². The van der Waals surface area contributed by atoms with Crippen molar-refractivity contribution in [2.75, 3.05) is 0 Å². The fourth-order valence-corrected chi connectivity index (χ4v) is 1.66. The molecule has 0 aliphatic heterocycles. The van der Waals surface area contributed by atoms with Crippen molar-refractivity contribution in [3.63, 3.8) is 0 Å². The van der Waals surface area contributed by atoms with Gasteiger partial charge in [-0.2, -0.15) is 13.2 Å². The van der Waals surface area contributed by atoms with E-state index in [1.165, 1.54) is 20.8 Å². The summed E-state index contributed by atoms with van der Waals surface area (Å²) in [6.07, 6.45) is -7.16. The van der Waals surface area contributed by atoms with Gasteiger partial charge < -0.3 is 9.84 Å². The minimum atomic E-state index is -4.99. The summed E-state index contributed by atoms with van der Waals surface area (Å²) in [5.74, 6) is -4.97. The molecule has 0 aliphatic rings. The van der Waals surface area contributed by atoms with Gasteiger partial charge in [-0.05, 0) is 38.5 Å². The molecule has 0 radical (unpaired) electrons. The van der Waals surface area contributed by atoms with Gasteiger partial charge in [-0.3, -0.25) is 4.79 Å². The maximum atomic E-state index is 13.0. The monoisotopic (exact) mass is 308 g/mol. The summed E-state index contributed by atoms with van der Waals surface area (Å²) < 4.78 is 56.5. The summed E-state index contributed by atoms with van der Waals surface area (Å²) in [7, 11) is 0. The number of esters is 1. The van der Waals surface area contributed by atoms with Crippen molar-refractivity contribution < 1.29 is 32.2 Å². The predicted octanol–water partition coefficient (Wildman–Crippen LogP) is 3.38. The summed E-state index contributed by atoms with van der Waals surface area (Å²) in [5.41, 5.74) is -1.34. The second-order valence-corrected chi connectivity index (χ2v) is 5.55. The highest BCUT2D eigenvalue weighted by molar-refractivity contribution is 5.74. The summed E-state index contributed by atoms with van der Waals surface area (Å²) in [6.45, 7) is 4.26. The molecule has 0 saturated heterocycles. The summed E-state index contributed by atoms with van der Waals surface area (Å²) in [4.78, 5) is 11.7. The Morgan fingerprint density at radius 2 is 1.62 bits per heavy atom. The molecule has 118 valence electrons. The van der Waals surface area contributed by atoms with Crippen molar-refractivity contribution in [2.24, 2.45) is 5.92 Å². The molecule has 1 aromatic rings. The minimum Gasteiger partial charge on any atom is -0.459 e. The molecule has 0 aromatic heterocycles. The van der Waals surface area contributed by atoms with Crippen LogP contribution in [0.4, 0.5) is 17.6 Å². The second kappa shape index (κ2) is 6.01. The van der Waals surface area contributed by atoms with Crippen LogP contribution in [0, 0.1) is 11.7 Å². The molecule has 1 rings (SSSR count). The minimum absolute atomic E-state index is 0.218. The normalized spacial score (nSPS) is 15.4. The van der Waals surface area contributed by atoms with E-state index < -0.39 is 35.6 Å². The largest absolute Gasteiger partial charge is 0.459 e. The Morgan fingerprint density at radius 1 is 1.14 bits per heavy atom. The molecular weight excluding hydrogens is 292 g/mol. The predicted molar refractivity (Wildman–Crippen MR) is 66.7 cm³/mol. The third-order valence-electron chi connectivity index (χ3n) is 2.54. The van der Waals surface area contributed by atoms with E-state index in [1.54, 1.807) is 0 Å². The van der Waals surface area contributed by atoms with Crippen LogP contribution in [0.5, 0.6) is 0 Å². The molecule has 0 aliphatic carbocycles. The van der Waals surface area contributed by atoms with Gasteiger partial charge in [0.1, 0.15) is 17.5 Å². The van der Waals surface area contributed by atoms with E-state index in [9.17, 15) is 27.5 Å². The SMILES string of the molecule is CC(C)(C)OC(=O)[C@H]([C@@H](O)c1ccc(F)cc1)C(F)(F)F. The number of aliphatic hydroxyl groups excluding tert-OH is 1. The first-order valence-corrected chi connectivity index (χ1v) is 6.15. The first-order valence-electron chi connectivity index (χ1n) is 6.15. The Balaban J connectivity index is 3.08. The Labute approximate surface area is 119 Å². The van der Waals surface area contributed by atoms with Gasteiger partial charge in [-0.1, -0.05) is 12.1 Å². The molecule has 1 N–H and O–H groups in total. The van der Waals surface area contributed by atoms with Crippen molar-refractivity contribution >= 4 is 5.97 Å². The van der Waals surface area contributed by atoms with Crippen LogP contribution < -0.4 is 0 Å². The van der Waals surface area contributed by atoms with E-state index in [1.807, 2.05) is 0 Å². The van der Waals surface area contributed by atoms with Gasteiger partial charge in [-0.25, -0.2) is 4.39 Å². The maximum absolute atomic E-state index is 13.0. The number of ether oxygens (including phenoxy) is 1. The molecule has 2 atom stereocenters. The van der Waals surface area contributed by atoms with E-state index in [-0.39, 0.29) is 5.56 Å². The number of benzene rings is 1. The average molecular weight is 308 g/mol. The smallest absolute Gasteiger partial charge is 0.405 e. The van der Waals surface area contributed by atoms with Crippen molar-refractivity contribution in [3.05, 3.63) is 35.6 Å². The molecule has 3 nitrogen and oxygen atoms in total. The summed E-state index contributed by atoms with van der Waals surface area (Å²) >= 11 is 0. The molecule has 0 heterocycles. The number of alkyl halides is 3. The van der Waals surface area contributed by atoms with Crippen LogP contribution in [-0.4, -0.2) is 22.9 Å². The maximum Gasteiger partial charge on any atom is 0.405 e. The number of halogens is 4.